The van der Waals surface area contributed by atoms with Crippen LogP contribution in [0.2, 0.25) is 0 Å². The highest BCUT2D eigenvalue weighted by Crippen LogP contribution is 2.29. The minimum atomic E-state index is -2.84. The highest BCUT2D eigenvalue weighted by Gasteiger charge is 2.35. The van der Waals surface area contributed by atoms with Gasteiger partial charge < -0.3 is 19.7 Å². The first kappa shape index (κ1) is 17.9. The van der Waals surface area contributed by atoms with E-state index in [1.165, 1.54) is 12.1 Å². The molecule has 1 saturated carbocycles. The number of benzene rings is 1. The second kappa shape index (κ2) is 7.99. The van der Waals surface area contributed by atoms with Crippen molar-refractivity contribution in [3.05, 3.63) is 29.8 Å². The fourth-order valence-corrected chi connectivity index (χ4v) is 3.08. The zero-order valence-corrected chi connectivity index (χ0v) is 14.3. The summed E-state index contributed by atoms with van der Waals surface area (Å²) in [6.45, 7) is 1.26. The maximum absolute atomic E-state index is 12.7. The molecular formula is C18H24F2N2O3. The molecule has 2 amide bonds. The summed E-state index contributed by atoms with van der Waals surface area (Å²) in [5, 5.41) is 3.01. The fraction of sp³-hybridized carbons (Fsp3) is 0.611. The Labute approximate surface area is 146 Å². The first-order valence-electron chi connectivity index (χ1n) is 8.72. The molecule has 2 atom stereocenters. The van der Waals surface area contributed by atoms with Gasteiger partial charge in [0.15, 0.2) is 0 Å². The molecule has 1 aromatic carbocycles. The number of carbonyl (C=O) groups excluding carboxylic acids is 1. The molecule has 2 fully saturated rings. The monoisotopic (exact) mass is 354 g/mol. The summed E-state index contributed by atoms with van der Waals surface area (Å²) in [4.78, 5) is 14.6. The third kappa shape index (κ3) is 5.04. The van der Waals surface area contributed by atoms with Crippen LogP contribution in [0.15, 0.2) is 24.3 Å². The number of alkyl halides is 2. The maximum atomic E-state index is 12.7. The van der Waals surface area contributed by atoms with Crippen molar-refractivity contribution >= 4 is 6.03 Å². The van der Waals surface area contributed by atoms with Crippen molar-refractivity contribution in [2.75, 3.05) is 19.8 Å². The number of halogens is 2. The number of amides is 2. The molecule has 0 spiro atoms. The van der Waals surface area contributed by atoms with Crippen LogP contribution in [-0.2, 0) is 4.74 Å². The van der Waals surface area contributed by atoms with Crippen molar-refractivity contribution < 1.29 is 23.0 Å². The Morgan fingerprint density at radius 2 is 2.04 bits per heavy atom. The van der Waals surface area contributed by atoms with Gasteiger partial charge in [0.25, 0.3) is 0 Å². The van der Waals surface area contributed by atoms with Crippen molar-refractivity contribution in [2.45, 2.75) is 44.9 Å². The molecule has 1 aliphatic heterocycles. The predicted octanol–water partition coefficient (Wildman–Crippen LogP) is 3.56. The second-order valence-electron chi connectivity index (χ2n) is 6.73. The molecule has 1 aromatic rings. The molecule has 0 bridgehead atoms. The van der Waals surface area contributed by atoms with Gasteiger partial charge in [-0.3, -0.25) is 0 Å². The summed E-state index contributed by atoms with van der Waals surface area (Å²) >= 11 is 0. The molecule has 1 N–H and O–H groups in total. The van der Waals surface area contributed by atoms with Gasteiger partial charge >= 0.3 is 12.6 Å². The molecule has 2 aliphatic rings. The minimum absolute atomic E-state index is 0.0743. The average Bonchev–Trinajstić information content (AvgIpc) is 3.28. The van der Waals surface area contributed by atoms with Gasteiger partial charge in [-0.1, -0.05) is 12.1 Å². The molecule has 0 aromatic heterocycles. The van der Waals surface area contributed by atoms with E-state index in [1.807, 2.05) is 11.8 Å². The lowest BCUT2D eigenvalue weighted by molar-refractivity contribution is -0.0498. The van der Waals surface area contributed by atoms with Crippen LogP contribution in [0.4, 0.5) is 13.6 Å². The first-order valence-corrected chi connectivity index (χ1v) is 8.72. The Hall–Kier alpha value is -1.89. The van der Waals surface area contributed by atoms with Gasteiger partial charge in [-0.15, -0.1) is 0 Å². The molecule has 5 nitrogen and oxygen atoms in total. The van der Waals surface area contributed by atoms with Gasteiger partial charge in [0, 0.05) is 25.1 Å². The number of ether oxygens (including phenoxy) is 2. The van der Waals surface area contributed by atoms with Crippen LogP contribution in [0.5, 0.6) is 5.75 Å². The summed E-state index contributed by atoms with van der Waals surface area (Å²) < 4.78 is 34.1. The highest BCUT2D eigenvalue weighted by atomic mass is 19.3. The maximum Gasteiger partial charge on any atom is 0.387 e. The summed E-state index contributed by atoms with van der Waals surface area (Å²) in [5.74, 6) is 0.519. The van der Waals surface area contributed by atoms with Crippen molar-refractivity contribution in [1.82, 2.24) is 10.2 Å². The molecule has 1 saturated heterocycles. The lowest BCUT2D eigenvalue weighted by Gasteiger charge is -2.27. The van der Waals surface area contributed by atoms with Gasteiger partial charge in [-0.05, 0) is 43.9 Å². The smallest absolute Gasteiger partial charge is 0.387 e. The van der Waals surface area contributed by atoms with E-state index < -0.39 is 6.61 Å². The van der Waals surface area contributed by atoms with E-state index in [-0.39, 0.29) is 17.8 Å². The number of nitrogens with zero attached hydrogens (tertiary/aromatic N) is 1. The van der Waals surface area contributed by atoms with Crippen LogP contribution in [-0.4, -0.2) is 43.3 Å². The minimum Gasteiger partial charge on any atom is -0.435 e. The summed E-state index contributed by atoms with van der Waals surface area (Å²) in [6.07, 6.45) is 3.10. The molecule has 25 heavy (non-hydrogen) atoms. The van der Waals surface area contributed by atoms with Gasteiger partial charge in [-0.25, -0.2) is 4.79 Å². The van der Waals surface area contributed by atoms with E-state index in [1.54, 1.807) is 12.1 Å². The zero-order chi connectivity index (χ0) is 17.8. The number of rotatable bonds is 7. The molecule has 138 valence electrons. The van der Waals surface area contributed by atoms with Crippen molar-refractivity contribution in [1.29, 1.82) is 0 Å². The van der Waals surface area contributed by atoms with Crippen molar-refractivity contribution in [2.24, 2.45) is 5.92 Å². The van der Waals surface area contributed by atoms with Gasteiger partial charge in [0.05, 0.1) is 12.6 Å². The lowest BCUT2D eigenvalue weighted by Crippen LogP contribution is -2.44. The van der Waals surface area contributed by atoms with Gasteiger partial charge in [-0.2, -0.15) is 8.78 Å². The van der Waals surface area contributed by atoms with Crippen molar-refractivity contribution in [3.8, 4) is 5.75 Å². The topological polar surface area (TPSA) is 50.8 Å². The van der Waals surface area contributed by atoms with E-state index >= 15 is 0 Å². The van der Waals surface area contributed by atoms with E-state index in [9.17, 15) is 13.6 Å². The van der Waals surface area contributed by atoms with Gasteiger partial charge in [0.2, 0.25) is 0 Å². The quantitative estimate of drug-likeness (QED) is 0.815. The molecular weight excluding hydrogens is 330 g/mol. The second-order valence-corrected chi connectivity index (χ2v) is 6.73. The van der Waals surface area contributed by atoms with Crippen molar-refractivity contribution in [3.63, 3.8) is 0 Å². The number of hydrogen-bond donors (Lipinski definition) is 1. The Morgan fingerprint density at radius 3 is 2.60 bits per heavy atom. The molecule has 0 radical (unpaired) electrons. The lowest BCUT2D eigenvalue weighted by atomic mass is 10.1. The molecule has 3 rings (SSSR count). The van der Waals surface area contributed by atoms with E-state index in [2.05, 4.69) is 10.1 Å². The van der Waals surface area contributed by atoms with Crippen LogP contribution in [0.25, 0.3) is 0 Å². The molecule has 2 unspecified atom stereocenters. The molecule has 1 heterocycles. The Balaban J connectivity index is 1.56. The fourth-order valence-electron chi connectivity index (χ4n) is 3.08. The van der Waals surface area contributed by atoms with E-state index in [0.717, 1.165) is 44.6 Å². The van der Waals surface area contributed by atoms with Crippen LogP contribution >= 0.6 is 0 Å². The predicted molar refractivity (Wildman–Crippen MR) is 88.7 cm³/mol. The van der Waals surface area contributed by atoms with Crippen LogP contribution in [0, 0.1) is 5.92 Å². The standard InChI is InChI=1S/C18H24F2N2O3/c1-12(14-2-6-16(7-3-14)25-17(19)20)21-18(23)22(15-4-5-15)10-13-8-9-24-11-13/h2-3,6-7,12-13,15,17H,4-5,8-11H2,1H3,(H,21,23). The van der Waals surface area contributed by atoms with Crippen LogP contribution in [0.1, 0.15) is 37.8 Å². The van der Waals surface area contributed by atoms with Gasteiger partial charge in [0.1, 0.15) is 5.75 Å². The SMILES string of the molecule is CC(NC(=O)N(CC1CCOC1)C1CC1)c1ccc(OC(F)F)cc1. The summed E-state index contributed by atoms with van der Waals surface area (Å²) in [5.41, 5.74) is 0.843. The molecule has 7 heteroatoms. The Bertz CT molecular complexity index is 572. The first-order chi connectivity index (χ1) is 12.0. The number of urea groups is 1. The Morgan fingerprint density at radius 1 is 1.32 bits per heavy atom. The summed E-state index contributed by atoms with van der Waals surface area (Å²) in [7, 11) is 0. The largest absolute Gasteiger partial charge is 0.435 e. The third-order valence-corrected chi connectivity index (χ3v) is 4.67. The van der Waals surface area contributed by atoms with Crippen LogP contribution < -0.4 is 10.1 Å². The highest BCUT2D eigenvalue weighted by molar-refractivity contribution is 5.75. The molecule has 1 aliphatic carbocycles. The Kier molecular flexibility index (Phi) is 5.73. The number of nitrogens with one attached hydrogen (secondary N) is 1. The normalized spacial score (nSPS) is 21.2. The zero-order valence-electron chi connectivity index (χ0n) is 14.3. The van der Waals surface area contributed by atoms with E-state index in [0.29, 0.717) is 12.0 Å². The van der Waals surface area contributed by atoms with E-state index in [4.69, 9.17) is 4.74 Å². The number of carbonyl (C=O) groups is 1. The number of hydrogen-bond acceptors (Lipinski definition) is 3. The summed E-state index contributed by atoms with van der Waals surface area (Å²) in [6, 6.07) is 6.39. The third-order valence-electron chi connectivity index (χ3n) is 4.67. The average molecular weight is 354 g/mol. The van der Waals surface area contributed by atoms with Crippen LogP contribution in [0.3, 0.4) is 0 Å².